The molecule has 28 heavy (non-hydrogen) atoms. The molecule has 3 heterocycles. The summed E-state index contributed by atoms with van der Waals surface area (Å²) in [5, 5.41) is 0. The number of hydrogen-bond donors (Lipinski definition) is 0. The van der Waals surface area contributed by atoms with E-state index in [1.165, 1.54) is 22.7 Å². The first kappa shape index (κ1) is 18.2. The molecule has 144 valence electrons. The van der Waals surface area contributed by atoms with Crippen LogP contribution in [0.15, 0.2) is 53.5 Å². The summed E-state index contributed by atoms with van der Waals surface area (Å²) in [5.41, 5.74) is 1.94. The average molecular weight is 380 g/mol. The number of hydrogen-bond acceptors (Lipinski definition) is 4. The van der Waals surface area contributed by atoms with Gasteiger partial charge >= 0.3 is 0 Å². The predicted molar refractivity (Wildman–Crippen MR) is 105 cm³/mol. The minimum Gasteiger partial charge on any atom is -0.370 e. The van der Waals surface area contributed by atoms with Gasteiger partial charge in [0.25, 0.3) is 11.5 Å². The molecule has 1 aromatic carbocycles. The lowest BCUT2D eigenvalue weighted by Crippen LogP contribution is -2.38. The first-order valence-electron chi connectivity index (χ1n) is 9.32. The minimum atomic E-state index is -0.340. The van der Waals surface area contributed by atoms with Crippen LogP contribution in [-0.4, -0.2) is 46.4 Å². The lowest BCUT2D eigenvalue weighted by molar-refractivity contribution is 0.0764. The number of aromatic nitrogens is 2. The highest BCUT2D eigenvalue weighted by atomic mass is 19.1. The Kier molecular flexibility index (Phi) is 4.81. The molecule has 3 aromatic rings. The summed E-state index contributed by atoms with van der Waals surface area (Å²) in [5.74, 6) is -0.564. The number of amides is 1. The molecular weight excluding hydrogens is 359 g/mol. The second-order valence-electron chi connectivity index (χ2n) is 6.95. The SMILES string of the molecule is Cc1cccc2ncc(C(=O)N3CCCN(c4ccc(F)cc4)CC3)c(=O)n12. The van der Waals surface area contributed by atoms with E-state index in [1.54, 1.807) is 23.1 Å². The molecule has 0 aliphatic carbocycles. The van der Waals surface area contributed by atoms with Crippen molar-refractivity contribution in [1.82, 2.24) is 14.3 Å². The fraction of sp³-hybridized carbons (Fsp3) is 0.286. The zero-order chi connectivity index (χ0) is 19.7. The molecule has 0 unspecified atom stereocenters. The van der Waals surface area contributed by atoms with Gasteiger partial charge in [-0.1, -0.05) is 6.07 Å². The molecular formula is C21H21FN4O2. The van der Waals surface area contributed by atoms with Gasteiger partial charge in [-0.05, 0) is 49.7 Å². The van der Waals surface area contributed by atoms with E-state index in [0.29, 0.717) is 25.3 Å². The fourth-order valence-electron chi connectivity index (χ4n) is 3.62. The van der Waals surface area contributed by atoms with E-state index in [0.717, 1.165) is 24.3 Å². The number of carbonyl (C=O) groups excluding carboxylic acids is 1. The van der Waals surface area contributed by atoms with Crippen LogP contribution in [0.4, 0.5) is 10.1 Å². The zero-order valence-corrected chi connectivity index (χ0v) is 15.6. The monoisotopic (exact) mass is 380 g/mol. The molecule has 0 saturated carbocycles. The minimum absolute atomic E-state index is 0.0852. The lowest BCUT2D eigenvalue weighted by atomic mass is 10.2. The smallest absolute Gasteiger partial charge is 0.270 e. The van der Waals surface area contributed by atoms with Crippen LogP contribution in [0.25, 0.3) is 5.65 Å². The molecule has 1 aliphatic heterocycles. The molecule has 1 saturated heterocycles. The molecule has 0 atom stereocenters. The largest absolute Gasteiger partial charge is 0.370 e. The number of halogens is 1. The van der Waals surface area contributed by atoms with Gasteiger partial charge in [0.1, 0.15) is 17.0 Å². The van der Waals surface area contributed by atoms with Crippen LogP contribution in [0.1, 0.15) is 22.5 Å². The van der Waals surface area contributed by atoms with Crippen molar-refractivity contribution in [3.05, 3.63) is 76.1 Å². The van der Waals surface area contributed by atoms with Crippen molar-refractivity contribution in [3.63, 3.8) is 0 Å². The number of carbonyl (C=O) groups is 1. The predicted octanol–water partition coefficient (Wildman–Crippen LogP) is 2.49. The van der Waals surface area contributed by atoms with Crippen LogP contribution >= 0.6 is 0 Å². The number of rotatable bonds is 2. The van der Waals surface area contributed by atoms with E-state index in [4.69, 9.17) is 0 Å². The Morgan fingerprint density at radius 2 is 1.82 bits per heavy atom. The Morgan fingerprint density at radius 3 is 2.61 bits per heavy atom. The molecule has 0 N–H and O–H groups in total. The molecule has 6 nitrogen and oxygen atoms in total. The van der Waals surface area contributed by atoms with Crippen LogP contribution in [0.2, 0.25) is 0 Å². The highest BCUT2D eigenvalue weighted by molar-refractivity contribution is 5.93. The average Bonchev–Trinajstić information content (AvgIpc) is 2.95. The van der Waals surface area contributed by atoms with Crippen LogP contribution in [-0.2, 0) is 0 Å². The molecule has 2 aromatic heterocycles. The summed E-state index contributed by atoms with van der Waals surface area (Å²) in [6, 6.07) is 11.8. The van der Waals surface area contributed by atoms with Crippen LogP contribution in [0.3, 0.4) is 0 Å². The van der Waals surface area contributed by atoms with E-state index in [-0.39, 0.29) is 22.8 Å². The summed E-state index contributed by atoms with van der Waals surface area (Å²) in [6.45, 7) is 4.26. The quantitative estimate of drug-likeness (QED) is 0.686. The maximum Gasteiger partial charge on any atom is 0.270 e. The van der Waals surface area contributed by atoms with E-state index >= 15 is 0 Å². The number of nitrogens with zero attached hydrogens (tertiary/aromatic N) is 4. The molecule has 7 heteroatoms. The fourth-order valence-corrected chi connectivity index (χ4v) is 3.62. The maximum absolute atomic E-state index is 13.2. The second kappa shape index (κ2) is 7.42. The summed E-state index contributed by atoms with van der Waals surface area (Å²) < 4.78 is 14.6. The van der Waals surface area contributed by atoms with Gasteiger partial charge in [0.05, 0.1) is 0 Å². The molecule has 1 aliphatic rings. The first-order chi connectivity index (χ1) is 13.5. The van der Waals surface area contributed by atoms with E-state index in [9.17, 15) is 14.0 Å². The Hall–Kier alpha value is -3.22. The molecule has 1 amide bonds. The first-order valence-corrected chi connectivity index (χ1v) is 9.32. The molecule has 4 rings (SSSR count). The van der Waals surface area contributed by atoms with Crippen molar-refractivity contribution in [3.8, 4) is 0 Å². The van der Waals surface area contributed by atoms with Gasteiger partial charge in [-0.3, -0.25) is 14.0 Å². The Bertz CT molecular complexity index is 1080. The summed E-state index contributed by atoms with van der Waals surface area (Å²) >= 11 is 0. The van der Waals surface area contributed by atoms with E-state index in [1.807, 2.05) is 19.1 Å². The number of anilines is 1. The number of fused-ring (bicyclic) bond motifs is 1. The third-order valence-electron chi connectivity index (χ3n) is 5.13. The third-order valence-corrected chi connectivity index (χ3v) is 5.13. The van der Waals surface area contributed by atoms with Gasteiger partial charge < -0.3 is 9.80 Å². The highest BCUT2D eigenvalue weighted by Crippen LogP contribution is 2.17. The van der Waals surface area contributed by atoms with Gasteiger partial charge in [0, 0.05) is 43.8 Å². The standard InChI is InChI=1S/C21H21FN4O2/c1-15-4-2-5-19-23-14-18(21(28)26(15)19)20(27)25-11-3-10-24(12-13-25)17-8-6-16(22)7-9-17/h2,4-9,14H,3,10-13H2,1H3. The number of pyridine rings is 1. The van der Waals surface area contributed by atoms with Gasteiger partial charge in [-0.25, -0.2) is 9.37 Å². The normalized spacial score (nSPS) is 14.9. The van der Waals surface area contributed by atoms with Crippen LogP contribution in [0, 0.1) is 12.7 Å². The van der Waals surface area contributed by atoms with Crippen LogP contribution in [0.5, 0.6) is 0 Å². The van der Waals surface area contributed by atoms with Crippen LogP contribution < -0.4 is 10.5 Å². The summed E-state index contributed by atoms with van der Waals surface area (Å²) in [4.78, 5) is 34.0. The summed E-state index contributed by atoms with van der Waals surface area (Å²) in [7, 11) is 0. The van der Waals surface area contributed by atoms with Crippen molar-refractivity contribution in [1.29, 1.82) is 0 Å². The Morgan fingerprint density at radius 1 is 1.04 bits per heavy atom. The molecule has 0 bridgehead atoms. The van der Waals surface area contributed by atoms with Crippen molar-refractivity contribution in [2.75, 3.05) is 31.1 Å². The lowest BCUT2D eigenvalue weighted by Gasteiger charge is -2.23. The van der Waals surface area contributed by atoms with Crippen molar-refractivity contribution >= 4 is 17.2 Å². The maximum atomic E-state index is 13.2. The zero-order valence-electron chi connectivity index (χ0n) is 15.6. The van der Waals surface area contributed by atoms with Gasteiger partial charge in [0.15, 0.2) is 0 Å². The summed E-state index contributed by atoms with van der Waals surface area (Å²) in [6.07, 6.45) is 2.15. The topological polar surface area (TPSA) is 57.9 Å². The van der Waals surface area contributed by atoms with Crippen molar-refractivity contribution in [2.45, 2.75) is 13.3 Å². The number of benzene rings is 1. The third kappa shape index (κ3) is 3.35. The van der Waals surface area contributed by atoms with E-state index < -0.39 is 0 Å². The van der Waals surface area contributed by atoms with Gasteiger partial charge in [-0.15, -0.1) is 0 Å². The number of aryl methyl sites for hydroxylation is 1. The van der Waals surface area contributed by atoms with Crippen molar-refractivity contribution < 1.29 is 9.18 Å². The van der Waals surface area contributed by atoms with Gasteiger partial charge in [0.2, 0.25) is 0 Å². The van der Waals surface area contributed by atoms with Gasteiger partial charge in [-0.2, -0.15) is 0 Å². The van der Waals surface area contributed by atoms with Crippen molar-refractivity contribution in [2.24, 2.45) is 0 Å². The second-order valence-corrected chi connectivity index (χ2v) is 6.95. The molecule has 1 fully saturated rings. The molecule has 0 radical (unpaired) electrons. The Balaban J connectivity index is 1.57. The Labute approximate surface area is 161 Å². The highest BCUT2D eigenvalue weighted by Gasteiger charge is 2.23. The van der Waals surface area contributed by atoms with E-state index in [2.05, 4.69) is 9.88 Å². The molecule has 0 spiro atoms.